The average molecular weight is 576 g/mol. The van der Waals surface area contributed by atoms with Gasteiger partial charge in [-0.3, -0.25) is 28.3 Å². The number of methoxy groups -OCH3 is 1. The van der Waals surface area contributed by atoms with Gasteiger partial charge in [0, 0.05) is 37.3 Å². The monoisotopic (exact) mass is 575 g/mol. The van der Waals surface area contributed by atoms with E-state index in [0.29, 0.717) is 47.4 Å². The van der Waals surface area contributed by atoms with Gasteiger partial charge in [0.05, 0.1) is 32.3 Å². The molecule has 5 aromatic rings. The summed E-state index contributed by atoms with van der Waals surface area (Å²) in [6.45, 7) is 5.88. The summed E-state index contributed by atoms with van der Waals surface area (Å²) in [6, 6.07) is 15.4. The number of morpholine rings is 1. The Morgan fingerprint density at radius 1 is 0.976 bits per heavy atom. The lowest BCUT2D eigenvalue weighted by Crippen LogP contribution is -2.44. The Hall–Kier alpha value is -4.26. The van der Waals surface area contributed by atoms with Crippen molar-refractivity contribution in [2.45, 2.75) is 20.0 Å². The Morgan fingerprint density at radius 3 is 2.39 bits per heavy atom. The summed E-state index contributed by atoms with van der Waals surface area (Å²) in [5, 5.41) is 4.97. The van der Waals surface area contributed by atoms with E-state index in [1.54, 1.807) is 11.7 Å². The van der Waals surface area contributed by atoms with Crippen molar-refractivity contribution in [3.8, 4) is 27.6 Å². The lowest BCUT2D eigenvalue weighted by Gasteiger charge is -2.26. The minimum atomic E-state index is -0.617. The highest BCUT2D eigenvalue weighted by Gasteiger charge is 2.22. The number of aromatic nitrogens is 4. The number of ether oxygens (including phenoxy) is 2. The molecule has 6 rings (SSSR count). The fourth-order valence-electron chi connectivity index (χ4n) is 5.23. The average Bonchev–Trinajstić information content (AvgIpc) is 3.58. The van der Waals surface area contributed by atoms with Crippen LogP contribution in [0.4, 0.5) is 0 Å². The minimum absolute atomic E-state index is 0.287. The molecule has 0 atom stereocenters. The third-order valence-corrected chi connectivity index (χ3v) is 8.68. The lowest BCUT2D eigenvalue weighted by molar-refractivity contribution is 0.0361. The molecule has 2 aromatic carbocycles. The van der Waals surface area contributed by atoms with E-state index in [0.717, 1.165) is 40.9 Å². The number of benzene rings is 2. The van der Waals surface area contributed by atoms with Gasteiger partial charge in [-0.2, -0.15) is 0 Å². The second kappa shape index (κ2) is 11.3. The van der Waals surface area contributed by atoms with Gasteiger partial charge in [-0.1, -0.05) is 65.0 Å². The van der Waals surface area contributed by atoms with E-state index in [1.165, 1.54) is 15.9 Å². The summed E-state index contributed by atoms with van der Waals surface area (Å²) in [5.74, 6) is -0.265. The predicted octanol–water partition coefficient (Wildman–Crippen LogP) is 2.93. The van der Waals surface area contributed by atoms with Gasteiger partial charge < -0.3 is 9.47 Å². The Kier molecular flexibility index (Phi) is 7.43. The van der Waals surface area contributed by atoms with Crippen molar-refractivity contribution in [3.63, 3.8) is 0 Å². The van der Waals surface area contributed by atoms with Gasteiger partial charge in [-0.15, -0.1) is 0 Å². The third kappa shape index (κ3) is 5.17. The Morgan fingerprint density at radius 2 is 1.71 bits per heavy atom. The van der Waals surface area contributed by atoms with Crippen LogP contribution in [-0.2, 0) is 17.8 Å². The summed E-state index contributed by atoms with van der Waals surface area (Å²) < 4.78 is 18.7. The highest BCUT2D eigenvalue weighted by atomic mass is 32.1. The van der Waals surface area contributed by atoms with Crippen molar-refractivity contribution in [1.82, 2.24) is 24.2 Å². The molecule has 1 N–H and O–H groups in total. The number of nitrogens with one attached hydrogen (secondary N) is 1. The highest BCUT2D eigenvalue weighted by molar-refractivity contribution is 7.20. The van der Waals surface area contributed by atoms with Crippen LogP contribution in [0.2, 0.25) is 0 Å². The van der Waals surface area contributed by atoms with Crippen LogP contribution in [0.15, 0.2) is 67.4 Å². The molecule has 0 bridgehead atoms. The zero-order chi connectivity index (χ0) is 28.5. The van der Waals surface area contributed by atoms with E-state index in [2.05, 4.69) is 15.0 Å². The molecule has 11 nitrogen and oxygen atoms in total. The van der Waals surface area contributed by atoms with Crippen molar-refractivity contribution in [3.05, 3.63) is 91.0 Å². The molecule has 1 saturated heterocycles. The summed E-state index contributed by atoms with van der Waals surface area (Å²) in [5.41, 5.74) is 3.52. The Balaban J connectivity index is 1.36. The molecule has 1 aliphatic heterocycles. The molecule has 0 unspecified atom stereocenters. The van der Waals surface area contributed by atoms with Crippen molar-refractivity contribution < 1.29 is 14.0 Å². The van der Waals surface area contributed by atoms with Crippen LogP contribution in [0.5, 0.6) is 5.06 Å². The van der Waals surface area contributed by atoms with Crippen LogP contribution in [0.25, 0.3) is 32.7 Å². The maximum atomic E-state index is 13.8. The standard InChI is InChI=1S/C29H29N5O6S/c1-18-23-25(35)33(12-11-32-13-15-39-16-14-32)29(37)34(26(23)41-27(18)38-2)17-19-7-9-20(10-8-19)21-5-3-4-6-22(21)24-30-28(36)40-31-24/h3-10H,11-17H2,1-2H3,(H,30,31,36). The van der Waals surface area contributed by atoms with E-state index >= 15 is 0 Å². The van der Waals surface area contributed by atoms with E-state index in [1.807, 2.05) is 55.5 Å². The van der Waals surface area contributed by atoms with E-state index in [-0.39, 0.29) is 17.8 Å². The molecular weight excluding hydrogens is 546 g/mol. The Bertz CT molecular complexity index is 1870. The van der Waals surface area contributed by atoms with Crippen LogP contribution in [0, 0.1) is 6.92 Å². The fourth-order valence-corrected chi connectivity index (χ4v) is 6.34. The number of aromatic amines is 1. The normalized spacial score (nSPS) is 14.1. The molecule has 41 heavy (non-hydrogen) atoms. The maximum Gasteiger partial charge on any atom is 0.439 e. The number of thiophene rings is 1. The van der Waals surface area contributed by atoms with Gasteiger partial charge in [0.1, 0.15) is 4.83 Å². The van der Waals surface area contributed by atoms with Crippen molar-refractivity contribution >= 4 is 21.6 Å². The summed E-state index contributed by atoms with van der Waals surface area (Å²) in [7, 11) is 1.57. The first-order valence-corrected chi connectivity index (χ1v) is 14.1. The number of rotatable bonds is 8. The molecule has 1 fully saturated rings. The number of aryl methyl sites for hydroxylation is 1. The molecule has 212 valence electrons. The molecule has 4 heterocycles. The molecule has 1 aliphatic rings. The zero-order valence-electron chi connectivity index (χ0n) is 22.7. The van der Waals surface area contributed by atoms with Gasteiger partial charge in [-0.05, 0) is 23.6 Å². The first-order valence-electron chi connectivity index (χ1n) is 13.3. The molecule has 12 heteroatoms. The predicted molar refractivity (Wildman–Crippen MR) is 156 cm³/mol. The van der Waals surface area contributed by atoms with Gasteiger partial charge in [-0.25, -0.2) is 9.59 Å². The second-order valence-corrected chi connectivity index (χ2v) is 10.8. The van der Waals surface area contributed by atoms with Crippen LogP contribution in [-0.4, -0.2) is 64.1 Å². The van der Waals surface area contributed by atoms with Gasteiger partial charge in [0.15, 0.2) is 10.9 Å². The largest absolute Gasteiger partial charge is 0.487 e. The molecule has 0 radical (unpaired) electrons. The van der Waals surface area contributed by atoms with E-state index < -0.39 is 5.76 Å². The zero-order valence-corrected chi connectivity index (χ0v) is 23.5. The van der Waals surface area contributed by atoms with Crippen LogP contribution in [0.3, 0.4) is 0 Å². The van der Waals surface area contributed by atoms with Crippen molar-refractivity contribution in [1.29, 1.82) is 0 Å². The first-order chi connectivity index (χ1) is 19.9. The van der Waals surface area contributed by atoms with E-state index in [4.69, 9.17) is 14.0 Å². The maximum absolute atomic E-state index is 13.8. The summed E-state index contributed by atoms with van der Waals surface area (Å²) in [6.07, 6.45) is 0. The topological polar surface area (TPSA) is 125 Å². The van der Waals surface area contributed by atoms with Crippen LogP contribution >= 0.6 is 11.3 Å². The quantitative estimate of drug-likeness (QED) is 0.300. The molecule has 0 saturated carbocycles. The molecule has 0 aliphatic carbocycles. The van der Waals surface area contributed by atoms with Gasteiger partial charge in [0.2, 0.25) is 0 Å². The number of H-pyrrole nitrogens is 1. The van der Waals surface area contributed by atoms with Crippen molar-refractivity contribution in [2.75, 3.05) is 40.0 Å². The number of nitrogens with zero attached hydrogens (tertiary/aromatic N) is 4. The van der Waals surface area contributed by atoms with Gasteiger partial charge in [0.25, 0.3) is 5.56 Å². The minimum Gasteiger partial charge on any atom is -0.487 e. The van der Waals surface area contributed by atoms with E-state index in [9.17, 15) is 14.4 Å². The van der Waals surface area contributed by atoms with Crippen LogP contribution < -0.4 is 21.7 Å². The second-order valence-electron chi connectivity index (χ2n) is 9.86. The molecule has 0 spiro atoms. The number of hydrogen-bond acceptors (Lipinski definition) is 9. The molecule has 0 amide bonds. The first kappa shape index (κ1) is 26.9. The fraction of sp³-hybridized carbons (Fsp3) is 0.310. The lowest BCUT2D eigenvalue weighted by atomic mass is 9.98. The summed E-state index contributed by atoms with van der Waals surface area (Å²) >= 11 is 1.31. The number of fused-ring (bicyclic) bond motifs is 1. The SMILES string of the molecule is COc1sc2c(c1C)c(=O)n(CCN1CCOCC1)c(=O)n2Cc1ccc(-c2ccccc2-c2noc(=O)[nH]2)cc1. The molecule has 3 aromatic heterocycles. The molecular formula is C29H29N5O6S. The number of hydrogen-bond donors (Lipinski definition) is 1. The summed E-state index contributed by atoms with van der Waals surface area (Å²) in [4.78, 5) is 44.3. The van der Waals surface area contributed by atoms with Gasteiger partial charge >= 0.3 is 11.4 Å². The van der Waals surface area contributed by atoms with Crippen LogP contribution in [0.1, 0.15) is 11.1 Å². The van der Waals surface area contributed by atoms with Crippen molar-refractivity contribution in [2.24, 2.45) is 0 Å². The Labute approximate surface area is 238 Å². The smallest absolute Gasteiger partial charge is 0.439 e. The third-order valence-electron chi connectivity index (χ3n) is 7.41. The highest BCUT2D eigenvalue weighted by Crippen LogP contribution is 2.35.